The van der Waals surface area contributed by atoms with E-state index in [-0.39, 0.29) is 17.9 Å². The average molecular weight is 310 g/mol. The molecule has 0 aromatic carbocycles. The van der Waals surface area contributed by atoms with Crippen LogP contribution in [0.4, 0.5) is 0 Å². The number of carbonyl (C=O) groups is 2. The molecule has 1 aromatic heterocycles. The van der Waals surface area contributed by atoms with Crippen molar-refractivity contribution < 1.29 is 14.7 Å². The molecule has 0 saturated heterocycles. The van der Waals surface area contributed by atoms with Crippen LogP contribution < -0.4 is 10.6 Å². The highest BCUT2D eigenvalue weighted by atomic mass is 32.1. The van der Waals surface area contributed by atoms with E-state index >= 15 is 0 Å². The second kappa shape index (κ2) is 8.14. The molecule has 2 atom stereocenters. The van der Waals surface area contributed by atoms with E-state index in [1.165, 1.54) is 11.3 Å². The Morgan fingerprint density at radius 2 is 2.14 bits per heavy atom. The van der Waals surface area contributed by atoms with E-state index in [2.05, 4.69) is 10.6 Å². The first-order valence-electron chi connectivity index (χ1n) is 7.46. The molecule has 0 spiro atoms. The Morgan fingerprint density at radius 3 is 2.86 bits per heavy atom. The summed E-state index contributed by atoms with van der Waals surface area (Å²) >= 11 is 1.40. The largest absolute Gasteiger partial charge is 0.391 e. The minimum atomic E-state index is -0.416. The fourth-order valence-electron chi connectivity index (χ4n) is 2.50. The number of thiophene rings is 1. The summed E-state index contributed by atoms with van der Waals surface area (Å²) in [5, 5.41) is 17.3. The van der Waals surface area contributed by atoms with Crippen molar-refractivity contribution in [1.82, 2.24) is 10.6 Å². The van der Waals surface area contributed by atoms with Gasteiger partial charge in [-0.25, -0.2) is 0 Å². The summed E-state index contributed by atoms with van der Waals surface area (Å²) in [6.45, 7) is 0.484. The Labute approximate surface area is 128 Å². The van der Waals surface area contributed by atoms with Crippen molar-refractivity contribution in [2.75, 3.05) is 6.54 Å². The van der Waals surface area contributed by atoms with Gasteiger partial charge in [0.1, 0.15) is 0 Å². The van der Waals surface area contributed by atoms with E-state index < -0.39 is 6.10 Å². The van der Waals surface area contributed by atoms with Gasteiger partial charge in [-0.2, -0.15) is 0 Å². The minimum Gasteiger partial charge on any atom is -0.391 e. The standard InChI is InChI=1S/C15H22N2O3S/c18-12-6-2-1-5-11(12)17-14(19)8-3-9-16-15(20)13-7-4-10-21-13/h4,7,10-12,18H,1-3,5-6,8-9H2,(H,16,20)(H,17,19)/t11-,12-/m0/s1. The number of aliphatic hydroxyl groups is 1. The molecule has 0 unspecified atom stereocenters. The molecule has 6 heteroatoms. The lowest BCUT2D eigenvalue weighted by Crippen LogP contribution is -2.45. The first kappa shape index (κ1) is 16.0. The summed E-state index contributed by atoms with van der Waals surface area (Å²) in [4.78, 5) is 24.2. The molecule has 1 fully saturated rings. The maximum Gasteiger partial charge on any atom is 0.261 e. The molecule has 116 valence electrons. The van der Waals surface area contributed by atoms with Gasteiger partial charge in [-0.1, -0.05) is 18.9 Å². The Hall–Kier alpha value is -1.40. The highest BCUT2D eigenvalue weighted by molar-refractivity contribution is 7.12. The monoisotopic (exact) mass is 310 g/mol. The lowest BCUT2D eigenvalue weighted by molar-refractivity contribution is -0.123. The summed E-state index contributed by atoms with van der Waals surface area (Å²) in [5.74, 6) is -0.139. The number of hydrogen-bond acceptors (Lipinski definition) is 4. The Morgan fingerprint density at radius 1 is 1.33 bits per heavy atom. The molecule has 1 aliphatic carbocycles. The van der Waals surface area contributed by atoms with E-state index in [1.807, 2.05) is 11.4 Å². The van der Waals surface area contributed by atoms with Crippen molar-refractivity contribution in [3.63, 3.8) is 0 Å². The van der Waals surface area contributed by atoms with Gasteiger partial charge in [0, 0.05) is 13.0 Å². The molecule has 1 aliphatic rings. The van der Waals surface area contributed by atoms with E-state index in [0.29, 0.717) is 24.3 Å². The zero-order chi connectivity index (χ0) is 15.1. The highest BCUT2D eigenvalue weighted by Gasteiger charge is 2.24. The average Bonchev–Trinajstić information content (AvgIpc) is 3.00. The normalized spacial score (nSPS) is 21.8. The predicted molar refractivity (Wildman–Crippen MR) is 82.3 cm³/mol. The lowest BCUT2D eigenvalue weighted by Gasteiger charge is -2.28. The van der Waals surface area contributed by atoms with Crippen molar-refractivity contribution in [3.05, 3.63) is 22.4 Å². The number of hydrogen-bond donors (Lipinski definition) is 3. The van der Waals surface area contributed by atoms with E-state index in [9.17, 15) is 14.7 Å². The van der Waals surface area contributed by atoms with Gasteiger partial charge in [-0.05, 0) is 30.7 Å². The third-order valence-corrected chi connectivity index (χ3v) is 4.56. The van der Waals surface area contributed by atoms with Crippen molar-refractivity contribution in [1.29, 1.82) is 0 Å². The fraction of sp³-hybridized carbons (Fsp3) is 0.600. The van der Waals surface area contributed by atoms with Crippen molar-refractivity contribution in [2.45, 2.75) is 50.7 Å². The van der Waals surface area contributed by atoms with Crippen LogP contribution in [0.25, 0.3) is 0 Å². The van der Waals surface area contributed by atoms with E-state index in [1.54, 1.807) is 6.07 Å². The second-order valence-corrected chi connectivity index (χ2v) is 6.31. The van der Waals surface area contributed by atoms with Crippen molar-refractivity contribution in [2.24, 2.45) is 0 Å². The molecule has 2 rings (SSSR count). The van der Waals surface area contributed by atoms with Crippen molar-refractivity contribution >= 4 is 23.2 Å². The number of aliphatic hydroxyl groups excluding tert-OH is 1. The predicted octanol–water partition coefficient (Wildman–Crippen LogP) is 1.68. The van der Waals surface area contributed by atoms with Gasteiger partial charge in [-0.3, -0.25) is 9.59 Å². The molecule has 1 heterocycles. The molecule has 0 radical (unpaired) electrons. The Kier molecular flexibility index (Phi) is 6.20. The molecule has 0 aliphatic heterocycles. The van der Waals surface area contributed by atoms with Gasteiger partial charge in [0.25, 0.3) is 5.91 Å². The number of nitrogens with one attached hydrogen (secondary N) is 2. The SMILES string of the molecule is O=C(CCCNC(=O)c1cccs1)N[C@H]1CCCC[C@@H]1O. The van der Waals surface area contributed by atoms with E-state index in [0.717, 1.165) is 25.7 Å². The highest BCUT2D eigenvalue weighted by Crippen LogP contribution is 2.18. The summed E-state index contributed by atoms with van der Waals surface area (Å²) in [7, 11) is 0. The molecule has 5 nitrogen and oxygen atoms in total. The fourth-order valence-corrected chi connectivity index (χ4v) is 3.14. The van der Waals surface area contributed by atoms with Crippen LogP contribution in [-0.2, 0) is 4.79 Å². The number of carbonyl (C=O) groups excluding carboxylic acids is 2. The molecule has 2 amide bonds. The quantitative estimate of drug-likeness (QED) is 0.700. The number of rotatable bonds is 6. The summed E-state index contributed by atoms with van der Waals surface area (Å²) in [6.07, 6.45) is 4.26. The zero-order valence-corrected chi connectivity index (χ0v) is 12.8. The van der Waals surface area contributed by atoms with Crippen LogP contribution >= 0.6 is 11.3 Å². The Bertz CT molecular complexity index is 461. The van der Waals surface area contributed by atoms with Gasteiger partial charge in [0.05, 0.1) is 17.0 Å². The van der Waals surface area contributed by atoms with Gasteiger partial charge >= 0.3 is 0 Å². The maximum absolute atomic E-state index is 11.8. The minimum absolute atomic E-state index is 0.0497. The van der Waals surface area contributed by atoms with Crippen molar-refractivity contribution in [3.8, 4) is 0 Å². The van der Waals surface area contributed by atoms with Gasteiger partial charge < -0.3 is 15.7 Å². The lowest BCUT2D eigenvalue weighted by atomic mass is 9.92. The van der Waals surface area contributed by atoms with Crippen LogP contribution in [0.15, 0.2) is 17.5 Å². The molecule has 21 heavy (non-hydrogen) atoms. The third-order valence-electron chi connectivity index (χ3n) is 3.69. The molecule has 1 aromatic rings. The Balaban J connectivity index is 1.60. The molecule has 3 N–H and O–H groups in total. The zero-order valence-electron chi connectivity index (χ0n) is 12.0. The van der Waals surface area contributed by atoms with Crippen LogP contribution in [0, 0.1) is 0 Å². The van der Waals surface area contributed by atoms with E-state index in [4.69, 9.17) is 0 Å². The summed E-state index contributed by atoms with van der Waals surface area (Å²) in [5.41, 5.74) is 0. The van der Waals surface area contributed by atoms with Crippen LogP contribution in [0.5, 0.6) is 0 Å². The first-order chi connectivity index (χ1) is 10.2. The topological polar surface area (TPSA) is 78.4 Å². The molecular formula is C15H22N2O3S. The maximum atomic E-state index is 11.8. The van der Waals surface area contributed by atoms with Gasteiger partial charge in [0.2, 0.25) is 5.91 Å². The molecular weight excluding hydrogens is 288 g/mol. The third kappa shape index (κ3) is 5.13. The first-order valence-corrected chi connectivity index (χ1v) is 8.34. The summed E-state index contributed by atoms with van der Waals surface area (Å²) < 4.78 is 0. The smallest absolute Gasteiger partial charge is 0.261 e. The van der Waals surface area contributed by atoms with Gasteiger partial charge in [-0.15, -0.1) is 11.3 Å². The summed E-state index contributed by atoms with van der Waals surface area (Å²) in [6, 6.07) is 3.51. The van der Waals surface area contributed by atoms with Crippen LogP contribution in [0.2, 0.25) is 0 Å². The molecule has 1 saturated carbocycles. The number of amides is 2. The van der Waals surface area contributed by atoms with Crippen LogP contribution in [-0.4, -0.2) is 35.6 Å². The second-order valence-electron chi connectivity index (χ2n) is 5.36. The van der Waals surface area contributed by atoms with Gasteiger partial charge in [0.15, 0.2) is 0 Å². The van der Waals surface area contributed by atoms with Crippen LogP contribution in [0.3, 0.4) is 0 Å². The molecule has 0 bridgehead atoms. The van der Waals surface area contributed by atoms with Crippen LogP contribution in [0.1, 0.15) is 48.2 Å².